The van der Waals surface area contributed by atoms with Gasteiger partial charge in [0.05, 0.1) is 0 Å². The number of hydrogen-bond donors (Lipinski definition) is 2. The van der Waals surface area contributed by atoms with Crippen LogP contribution in [0.4, 0.5) is 32.0 Å². The molecular weight excluding hydrogens is 296 g/mol. The van der Waals surface area contributed by atoms with Gasteiger partial charge in [-0.25, -0.2) is 4.79 Å². The van der Waals surface area contributed by atoms with Crippen LogP contribution >= 0.6 is 0 Å². The van der Waals surface area contributed by atoms with Crippen LogP contribution in [0.2, 0.25) is 0 Å². The van der Waals surface area contributed by atoms with E-state index < -0.39 is 35.7 Å². The minimum Gasteiger partial charge on any atom is -0.478 e. The lowest BCUT2D eigenvalue weighted by Crippen LogP contribution is -2.46. The molecule has 0 heterocycles. The van der Waals surface area contributed by atoms with Gasteiger partial charge in [0.2, 0.25) is 0 Å². The summed E-state index contributed by atoms with van der Waals surface area (Å²) in [7, 11) is 0. The van der Waals surface area contributed by atoms with Crippen LogP contribution in [-0.4, -0.2) is 29.5 Å². The Labute approximate surface area is 107 Å². The summed E-state index contributed by atoms with van der Waals surface area (Å²) < 4.78 is 77.7. The Bertz CT molecular complexity index is 497. The largest absolute Gasteiger partial charge is 0.478 e. The molecule has 0 atom stereocenters. The molecule has 0 bridgehead atoms. The van der Waals surface area contributed by atoms with Crippen molar-refractivity contribution in [2.45, 2.75) is 18.5 Å². The first-order valence-corrected chi connectivity index (χ1v) is 4.86. The fraction of sp³-hybridized carbons (Fsp3) is 0.300. The molecule has 0 saturated heterocycles. The number of carbonyl (C=O) groups is 1. The fourth-order valence-corrected chi connectivity index (χ4v) is 1.26. The normalized spacial score (nSPS) is 12.6. The number of ether oxygens (including phenoxy) is 1. The lowest BCUT2D eigenvalue weighted by molar-refractivity contribution is -0.299. The maximum Gasteiger partial charge on any atom is 0.434 e. The van der Waals surface area contributed by atoms with Gasteiger partial charge in [-0.15, -0.1) is 0 Å². The first kappa shape index (κ1) is 15.9. The van der Waals surface area contributed by atoms with E-state index in [1.54, 1.807) is 0 Å². The predicted molar refractivity (Wildman–Crippen MR) is 54.3 cm³/mol. The number of nitrogen functional groups attached to an aromatic ring is 1. The van der Waals surface area contributed by atoms with Crippen LogP contribution in [0.3, 0.4) is 0 Å². The summed E-state index contributed by atoms with van der Waals surface area (Å²) in [4.78, 5) is 10.7. The van der Waals surface area contributed by atoms with Crippen LogP contribution < -0.4 is 10.5 Å². The first-order chi connectivity index (χ1) is 8.93. The zero-order chi connectivity index (χ0) is 15.7. The van der Waals surface area contributed by atoms with Crippen molar-refractivity contribution in [3.05, 3.63) is 23.8 Å². The predicted octanol–water partition coefficient (Wildman–Crippen LogP) is 2.84. The zero-order valence-electron chi connectivity index (χ0n) is 9.42. The van der Waals surface area contributed by atoms with Crippen molar-refractivity contribution < 1.29 is 41.0 Å². The molecule has 0 aliphatic carbocycles. The molecule has 0 aliphatic rings. The van der Waals surface area contributed by atoms with Crippen molar-refractivity contribution in [3.8, 4) is 5.75 Å². The number of nitrogens with two attached hydrogens (primary N) is 1. The standard InChI is InChI=1S/C10H7F6NO3/c11-9(12,13)8(10(14,15)16)20-6-3-4(17)1-2-5(6)7(18)19/h1-3,8H,17H2,(H,18,19). The van der Waals surface area contributed by atoms with Crippen LogP contribution in [0.5, 0.6) is 5.75 Å². The third-order valence-electron chi connectivity index (χ3n) is 2.08. The van der Waals surface area contributed by atoms with Crippen LogP contribution in [0.15, 0.2) is 18.2 Å². The highest BCUT2D eigenvalue weighted by molar-refractivity contribution is 5.91. The Morgan fingerprint density at radius 1 is 1.15 bits per heavy atom. The number of carboxylic acids is 1. The molecule has 0 aromatic heterocycles. The monoisotopic (exact) mass is 303 g/mol. The van der Waals surface area contributed by atoms with Gasteiger partial charge in [-0.05, 0) is 12.1 Å². The fourth-order valence-electron chi connectivity index (χ4n) is 1.26. The quantitative estimate of drug-likeness (QED) is 0.665. The van der Waals surface area contributed by atoms with Crippen molar-refractivity contribution in [1.82, 2.24) is 0 Å². The molecule has 20 heavy (non-hydrogen) atoms. The molecule has 1 aromatic rings. The Morgan fingerprint density at radius 3 is 2.05 bits per heavy atom. The van der Waals surface area contributed by atoms with Gasteiger partial charge >= 0.3 is 18.3 Å². The van der Waals surface area contributed by atoms with E-state index in [1.165, 1.54) is 0 Å². The summed E-state index contributed by atoms with van der Waals surface area (Å²) in [6.45, 7) is 0. The van der Waals surface area contributed by atoms with E-state index in [1.807, 2.05) is 0 Å². The van der Waals surface area contributed by atoms with Crippen molar-refractivity contribution in [3.63, 3.8) is 0 Å². The SMILES string of the molecule is Nc1ccc(C(=O)O)c(OC(C(F)(F)F)C(F)(F)F)c1. The molecule has 4 nitrogen and oxygen atoms in total. The number of carboxylic acid groups (broad SMARTS) is 1. The van der Waals surface area contributed by atoms with Crippen LogP contribution in [0, 0.1) is 0 Å². The molecular formula is C10H7F6NO3. The van der Waals surface area contributed by atoms with Crippen LogP contribution in [-0.2, 0) is 0 Å². The summed E-state index contributed by atoms with van der Waals surface area (Å²) in [6.07, 6.45) is -15.6. The van der Waals surface area contributed by atoms with E-state index >= 15 is 0 Å². The highest BCUT2D eigenvalue weighted by Crippen LogP contribution is 2.37. The number of rotatable bonds is 3. The van der Waals surface area contributed by atoms with Crippen molar-refractivity contribution in [2.24, 2.45) is 0 Å². The number of benzene rings is 1. The highest BCUT2D eigenvalue weighted by atomic mass is 19.4. The molecule has 0 aliphatic heterocycles. The van der Waals surface area contributed by atoms with Gasteiger partial charge in [0.1, 0.15) is 11.3 Å². The number of hydrogen-bond acceptors (Lipinski definition) is 3. The van der Waals surface area contributed by atoms with Gasteiger partial charge in [0.15, 0.2) is 0 Å². The molecule has 0 saturated carbocycles. The summed E-state index contributed by atoms with van der Waals surface area (Å²) >= 11 is 0. The summed E-state index contributed by atoms with van der Waals surface area (Å²) in [5, 5.41) is 8.69. The Balaban J connectivity index is 3.24. The lowest BCUT2D eigenvalue weighted by Gasteiger charge is -2.24. The number of halogens is 6. The molecule has 0 unspecified atom stereocenters. The number of alkyl halides is 6. The van der Waals surface area contributed by atoms with Gasteiger partial charge in [0.25, 0.3) is 6.10 Å². The second kappa shape index (κ2) is 5.10. The second-order valence-corrected chi connectivity index (χ2v) is 3.64. The van der Waals surface area contributed by atoms with Gasteiger partial charge in [-0.2, -0.15) is 26.3 Å². The average molecular weight is 303 g/mol. The third-order valence-corrected chi connectivity index (χ3v) is 2.08. The third kappa shape index (κ3) is 3.68. The van der Waals surface area contributed by atoms with Gasteiger partial charge in [0, 0.05) is 11.8 Å². The maximum atomic E-state index is 12.3. The van der Waals surface area contributed by atoms with Crippen LogP contribution in [0.25, 0.3) is 0 Å². The number of anilines is 1. The van der Waals surface area contributed by atoms with Crippen molar-refractivity contribution in [2.75, 3.05) is 5.73 Å². The summed E-state index contributed by atoms with van der Waals surface area (Å²) in [6, 6.07) is 2.33. The zero-order valence-corrected chi connectivity index (χ0v) is 9.42. The average Bonchev–Trinajstić information content (AvgIpc) is 2.22. The van der Waals surface area contributed by atoms with E-state index in [0.717, 1.165) is 12.1 Å². The molecule has 0 spiro atoms. The van der Waals surface area contributed by atoms with E-state index in [-0.39, 0.29) is 5.69 Å². The minimum absolute atomic E-state index is 0.243. The molecule has 10 heteroatoms. The van der Waals surface area contributed by atoms with E-state index in [9.17, 15) is 31.1 Å². The van der Waals surface area contributed by atoms with Gasteiger partial charge in [-0.1, -0.05) is 0 Å². The Morgan fingerprint density at radius 2 is 1.65 bits per heavy atom. The second-order valence-electron chi connectivity index (χ2n) is 3.64. The number of aromatic carboxylic acids is 1. The van der Waals surface area contributed by atoms with Gasteiger partial charge < -0.3 is 15.6 Å². The molecule has 1 aromatic carbocycles. The summed E-state index contributed by atoms with van der Waals surface area (Å²) in [5.41, 5.74) is 4.08. The molecule has 0 amide bonds. The smallest absolute Gasteiger partial charge is 0.434 e. The van der Waals surface area contributed by atoms with E-state index in [0.29, 0.717) is 6.07 Å². The minimum atomic E-state index is -5.75. The van der Waals surface area contributed by atoms with E-state index in [2.05, 4.69) is 4.74 Å². The molecule has 3 N–H and O–H groups in total. The maximum absolute atomic E-state index is 12.3. The Kier molecular flexibility index (Phi) is 4.06. The van der Waals surface area contributed by atoms with E-state index in [4.69, 9.17) is 10.8 Å². The van der Waals surface area contributed by atoms with Crippen molar-refractivity contribution >= 4 is 11.7 Å². The molecule has 0 radical (unpaired) electrons. The Hall–Kier alpha value is -2.13. The van der Waals surface area contributed by atoms with Crippen molar-refractivity contribution in [1.29, 1.82) is 0 Å². The topological polar surface area (TPSA) is 72.6 Å². The summed E-state index contributed by atoms with van der Waals surface area (Å²) in [5.74, 6) is -2.86. The molecule has 0 fully saturated rings. The van der Waals surface area contributed by atoms with Crippen LogP contribution in [0.1, 0.15) is 10.4 Å². The lowest BCUT2D eigenvalue weighted by atomic mass is 10.2. The molecule has 1 rings (SSSR count). The van der Waals surface area contributed by atoms with Gasteiger partial charge in [-0.3, -0.25) is 0 Å². The first-order valence-electron chi connectivity index (χ1n) is 4.86. The molecule has 112 valence electrons. The highest BCUT2D eigenvalue weighted by Gasteiger charge is 2.59.